The van der Waals surface area contributed by atoms with Crippen LogP contribution in [0.25, 0.3) is 0 Å². The van der Waals surface area contributed by atoms with Crippen molar-refractivity contribution >= 4 is 25.7 Å². The minimum atomic E-state index is -3.45. The standard InChI is InChI=1S/C10H17N3O4S2/c1-11-18(14,15)8-7-13-9-3-5-10(6-4-9)19(16,17)12-2/h3-6,11-13H,7-8H2,1-2H3. The molecule has 0 saturated heterocycles. The van der Waals surface area contributed by atoms with E-state index in [-0.39, 0.29) is 17.2 Å². The monoisotopic (exact) mass is 307 g/mol. The fraction of sp³-hybridized carbons (Fsp3) is 0.400. The Morgan fingerprint density at radius 2 is 1.53 bits per heavy atom. The number of hydrogen-bond acceptors (Lipinski definition) is 5. The minimum Gasteiger partial charge on any atom is -0.384 e. The van der Waals surface area contributed by atoms with Crippen LogP contribution in [0, 0.1) is 0 Å². The summed E-state index contributed by atoms with van der Waals surface area (Å²) in [4.78, 5) is 0.156. The van der Waals surface area contributed by atoms with E-state index in [9.17, 15) is 16.8 Å². The van der Waals surface area contributed by atoms with Crippen LogP contribution in [0.15, 0.2) is 29.2 Å². The first-order valence-electron chi connectivity index (χ1n) is 5.49. The fourth-order valence-electron chi connectivity index (χ4n) is 1.30. The molecule has 0 aliphatic rings. The van der Waals surface area contributed by atoms with Crippen LogP contribution in [0.3, 0.4) is 0 Å². The minimum absolute atomic E-state index is 0.0555. The van der Waals surface area contributed by atoms with E-state index >= 15 is 0 Å². The number of benzene rings is 1. The molecule has 0 fully saturated rings. The van der Waals surface area contributed by atoms with E-state index in [0.29, 0.717) is 5.69 Å². The van der Waals surface area contributed by atoms with E-state index in [4.69, 9.17) is 0 Å². The zero-order chi connectivity index (χ0) is 14.5. The van der Waals surface area contributed by atoms with Crippen molar-refractivity contribution < 1.29 is 16.8 Å². The molecule has 0 bridgehead atoms. The van der Waals surface area contributed by atoms with Crippen molar-refractivity contribution in [3.05, 3.63) is 24.3 Å². The number of hydrogen-bond donors (Lipinski definition) is 3. The van der Waals surface area contributed by atoms with Crippen LogP contribution < -0.4 is 14.8 Å². The van der Waals surface area contributed by atoms with Crippen molar-refractivity contribution in [1.29, 1.82) is 0 Å². The van der Waals surface area contributed by atoms with Gasteiger partial charge in [0.05, 0.1) is 10.6 Å². The quantitative estimate of drug-likeness (QED) is 0.633. The highest BCUT2D eigenvalue weighted by atomic mass is 32.2. The van der Waals surface area contributed by atoms with Crippen molar-refractivity contribution in [3.8, 4) is 0 Å². The van der Waals surface area contributed by atoms with E-state index in [1.807, 2.05) is 0 Å². The van der Waals surface area contributed by atoms with Crippen LogP contribution in [0.2, 0.25) is 0 Å². The maximum absolute atomic E-state index is 11.5. The van der Waals surface area contributed by atoms with Crippen LogP contribution in [0.5, 0.6) is 0 Å². The van der Waals surface area contributed by atoms with Gasteiger partial charge < -0.3 is 5.32 Å². The van der Waals surface area contributed by atoms with Crippen molar-refractivity contribution in [1.82, 2.24) is 9.44 Å². The first kappa shape index (κ1) is 15.9. The molecule has 0 aliphatic carbocycles. The predicted octanol–water partition coefficient (Wildman–Crippen LogP) is -0.444. The first-order chi connectivity index (χ1) is 8.80. The summed E-state index contributed by atoms with van der Waals surface area (Å²) in [5.74, 6) is -0.0555. The molecule has 0 spiro atoms. The Labute approximate surface area is 113 Å². The molecule has 7 nitrogen and oxygen atoms in total. The highest BCUT2D eigenvalue weighted by molar-refractivity contribution is 7.89. The lowest BCUT2D eigenvalue weighted by atomic mass is 10.3. The molecule has 0 unspecified atom stereocenters. The third-order valence-corrected chi connectivity index (χ3v) is 5.24. The van der Waals surface area contributed by atoms with E-state index in [1.165, 1.54) is 26.2 Å². The Balaban J connectivity index is 2.64. The van der Waals surface area contributed by atoms with Gasteiger partial charge in [0.25, 0.3) is 0 Å². The van der Waals surface area contributed by atoms with Crippen molar-refractivity contribution in [2.75, 3.05) is 31.7 Å². The zero-order valence-corrected chi connectivity index (χ0v) is 12.3. The molecule has 1 aromatic carbocycles. The van der Waals surface area contributed by atoms with Gasteiger partial charge in [-0.2, -0.15) is 0 Å². The predicted molar refractivity (Wildman–Crippen MR) is 74.0 cm³/mol. The van der Waals surface area contributed by atoms with Crippen LogP contribution in [-0.4, -0.2) is 43.2 Å². The van der Waals surface area contributed by atoms with Gasteiger partial charge in [0, 0.05) is 12.2 Å². The number of sulfonamides is 2. The lowest BCUT2D eigenvalue weighted by Crippen LogP contribution is -2.26. The van der Waals surface area contributed by atoms with E-state index in [0.717, 1.165) is 0 Å². The maximum Gasteiger partial charge on any atom is 0.240 e. The van der Waals surface area contributed by atoms with Gasteiger partial charge in [-0.3, -0.25) is 0 Å². The Kier molecular flexibility index (Phi) is 5.29. The van der Waals surface area contributed by atoms with Crippen LogP contribution in [-0.2, 0) is 20.0 Å². The zero-order valence-electron chi connectivity index (χ0n) is 10.7. The highest BCUT2D eigenvalue weighted by Crippen LogP contribution is 2.13. The van der Waals surface area contributed by atoms with Gasteiger partial charge in [-0.05, 0) is 38.4 Å². The van der Waals surface area contributed by atoms with Crippen LogP contribution in [0.4, 0.5) is 5.69 Å². The average Bonchev–Trinajstić information content (AvgIpc) is 2.39. The lowest BCUT2D eigenvalue weighted by molar-refractivity contribution is 0.587. The summed E-state index contributed by atoms with van der Waals surface area (Å²) in [6.07, 6.45) is 0. The second kappa shape index (κ2) is 6.33. The summed E-state index contributed by atoms with van der Waals surface area (Å²) in [5, 5.41) is 2.90. The molecule has 0 heterocycles. The first-order valence-corrected chi connectivity index (χ1v) is 8.63. The van der Waals surface area contributed by atoms with Gasteiger partial charge in [0.15, 0.2) is 0 Å². The molecule has 9 heteroatoms. The molecule has 3 N–H and O–H groups in total. The summed E-state index contributed by atoms with van der Waals surface area (Å²) in [7, 11) is -4.00. The summed E-state index contributed by atoms with van der Waals surface area (Å²) in [5.41, 5.74) is 0.654. The molecule has 0 amide bonds. The summed E-state index contributed by atoms with van der Waals surface area (Å²) in [6.45, 7) is 0.237. The van der Waals surface area contributed by atoms with Gasteiger partial charge >= 0.3 is 0 Å². The topological polar surface area (TPSA) is 104 Å². The Morgan fingerprint density at radius 3 is 2.00 bits per heavy atom. The largest absolute Gasteiger partial charge is 0.384 e. The average molecular weight is 307 g/mol. The van der Waals surface area contributed by atoms with Gasteiger partial charge in [0.1, 0.15) is 0 Å². The molecule has 0 radical (unpaired) electrons. The second-order valence-electron chi connectivity index (χ2n) is 3.68. The van der Waals surface area contributed by atoms with Gasteiger partial charge in [-0.15, -0.1) is 0 Å². The van der Waals surface area contributed by atoms with Crippen molar-refractivity contribution in [2.24, 2.45) is 0 Å². The Bertz CT molecular complexity index is 609. The van der Waals surface area contributed by atoms with E-state index in [2.05, 4.69) is 14.8 Å². The molecule has 0 aliphatic heterocycles. The van der Waals surface area contributed by atoms with Gasteiger partial charge in [-0.25, -0.2) is 26.3 Å². The number of rotatable bonds is 7. The molecule has 19 heavy (non-hydrogen) atoms. The van der Waals surface area contributed by atoms with Gasteiger partial charge in [-0.1, -0.05) is 0 Å². The lowest BCUT2D eigenvalue weighted by Gasteiger charge is -2.08. The SMILES string of the molecule is CNS(=O)(=O)CCNc1ccc(S(=O)(=O)NC)cc1. The fourth-order valence-corrected chi connectivity index (χ4v) is 2.61. The number of nitrogens with one attached hydrogen (secondary N) is 3. The van der Waals surface area contributed by atoms with Crippen LogP contribution in [0.1, 0.15) is 0 Å². The molecule has 0 aromatic heterocycles. The molecule has 1 rings (SSSR count). The molecule has 108 valence electrons. The maximum atomic E-state index is 11.5. The van der Waals surface area contributed by atoms with Gasteiger partial charge in [0.2, 0.25) is 20.0 Å². The van der Waals surface area contributed by atoms with Crippen LogP contribution >= 0.6 is 0 Å². The van der Waals surface area contributed by atoms with E-state index in [1.54, 1.807) is 12.1 Å². The molecular formula is C10H17N3O4S2. The molecule has 0 atom stereocenters. The molecule has 1 aromatic rings. The molecule has 0 saturated carbocycles. The number of anilines is 1. The smallest absolute Gasteiger partial charge is 0.240 e. The Morgan fingerprint density at radius 1 is 0.947 bits per heavy atom. The third-order valence-electron chi connectivity index (χ3n) is 2.44. The summed E-state index contributed by atoms with van der Waals surface area (Å²) in [6, 6.07) is 6.05. The Hall–Kier alpha value is -1.16. The third kappa shape index (κ3) is 4.78. The highest BCUT2D eigenvalue weighted by Gasteiger charge is 2.10. The van der Waals surface area contributed by atoms with E-state index < -0.39 is 20.0 Å². The summed E-state index contributed by atoms with van der Waals surface area (Å²) < 4.78 is 49.7. The molecular weight excluding hydrogens is 290 g/mol. The second-order valence-corrected chi connectivity index (χ2v) is 7.61. The van der Waals surface area contributed by atoms with Crippen molar-refractivity contribution in [2.45, 2.75) is 4.90 Å². The van der Waals surface area contributed by atoms with Crippen molar-refractivity contribution in [3.63, 3.8) is 0 Å². The summed E-state index contributed by atoms with van der Waals surface area (Å²) >= 11 is 0. The normalized spacial score (nSPS) is 12.3.